The molecular formula is C28H42O5. The van der Waals surface area contributed by atoms with Gasteiger partial charge in [-0.25, -0.2) is 0 Å². The van der Waals surface area contributed by atoms with Gasteiger partial charge in [-0.05, 0) is 79.3 Å². The van der Waals surface area contributed by atoms with Gasteiger partial charge in [0.1, 0.15) is 11.7 Å². The standard InChI is InChI=1S/C28H42O5/c1-5-28(33,17-29)14-12-25(31)19(3)23-10-11-24-20(7-6-13-27(23,24)4)8-9-21-15-22(30)16-26(32)18(21)2/h8-9,19,22-26,29-33H,2,5-7,10-11,13,15-17H2,1,3-4H3/b20-8-,21-9+/t19-,22-,23?,24?,25?,26+,27-,28?/m1/s1. The molecule has 5 N–H and O–H groups in total. The van der Waals surface area contributed by atoms with E-state index in [4.69, 9.17) is 0 Å². The Hall–Kier alpha value is -1.42. The van der Waals surface area contributed by atoms with Gasteiger partial charge in [-0.2, -0.15) is 0 Å². The van der Waals surface area contributed by atoms with Crippen LogP contribution in [-0.4, -0.2) is 56.1 Å². The predicted octanol–water partition coefficient (Wildman–Crippen LogP) is 3.26. The molecule has 3 rings (SSSR count). The van der Waals surface area contributed by atoms with E-state index in [9.17, 15) is 25.5 Å². The number of aliphatic hydroxyl groups is 5. The molecule has 5 heteroatoms. The third kappa shape index (κ3) is 5.47. The molecule has 8 atom stereocenters. The second kappa shape index (κ2) is 10.5. The van der Waals surface area contributed by atoms with E-state index in [-0.39, 0.29) is 11.3 Å². The average molecular weight is 459 g/mol. The van der Waals surface area contributed by atoms with Crippen LogP contribution in [0.15, 0.2) is 35.5 Å². The largest absolute Gasteiger partial charge is 0.393 e. The van der Waals surface area contributed by atoms with Crippen LogP contribution >= 0.6 is 0 Å². The molecule has 0 aliphatic heterocycles. The number of allylic oxidation sites excluding steroid dienone is 3. The van der Waals surface area contributed by atoms with Crippen LogP contribution in [0.25, 0.3) is 0 Å². The summed E-state index contributed by atoms with van der Waals surface area (Å²) in [5.41, 5.74) is 1.67. The molecule has 0 aromatic rings. The average Bonchev–Trinajstić information content (AvgIpc) is 3.15. The van der Waals surface area contributed by atoms with Crippen molar-refractivity contribution < 1.29 is 25.5 Å². The molecular weight excluding hydrogens is 416 g/mol. The van der Waals surface area contributed by atoms with Crippen LogP contribution in [0, 0.1) is 35.0 Å². The Bertz CT molecular complexity index is 842. The van der Waals surface area contributed by atoms with Gasteiger partial charge in [0.15, 0.2) is 0 Å². The molecule has 0 aromatic carbocycles. The maximum Gasteiger partial charge on any atom is 0.148 e. The maximum atomic E-state index is 10.8. The Morgan fingerprint density at radius 2 is 2.00 bits per heavy atom. The highest BCUT2D eigenvalue weighted by Gasteiger charge is 2.51. The van der Waals surface area contributed by atoms with Crippen molar-refractivity contribution in [2.24, 2.45) is 23.2 Å². The lowest BCUT2D eigenvalue weighted by Gasteiger charge is -2.44. The quantitative estimate of drug-likeness (QED) is 0.407. The van der Waals surface area contributed by atoms with Gasteiger partial charge in [0.25, 0.3) is 0 Å². The van der Waals surface area contributed by atoms with Crippen molar-refractivity contribution >= 4 is 0 Å². The van der Waals surface area contributed by atoms with E-state index in [0.29, 0.717) is 36.7 Å². The first kappa shape index (κ1) is 26.2. The summed E-state index contributed by atoms with van der Waals surface area (Å²) in [7, 11) is 0. The van der Waals surface area contributed by atoms with Gasteiger partial charge in [0.05, 0.1) is 18.8 Å². The molecule has 0 spiro atoms. The summed E-state index contributed by atoms with van der Waals surface area (Å²) >= 11 is 0. The first-order valence-corrected chi connectivity index (χ1v) is 12.5. The van der Waals surface area contributed by atoms with Crippen molar-refractivity contribution in [2.75, 3.05) is 6.61 Å². The van der Waals surface area contributed by atoms with E-state index < -0.39 is 30.5 Å². The zero-order valence-corrected chi connectivity index (χ0v) is 20.4. The first-order chi connectivity index (χ1) is 15.5. The number of rotatable bonds is 5. The summed E-state index contributed by atoms with van der Waals surface area (Å²) in [4.78, 5) is 0. The van der Waals surface area contributed by atoms with Crippen LogP contribution in [0.1, 0.15) is 72.1 Å². The highest BCUT2D eigenvalue weighted by atomic mass is 16.3. The van der Waals surface area contributed by atoms with Crippen molar-refractivity contribution in [3.63, 3.8) is 0 Å². The Balaban J connectivity index is 1.78. The third-order valence-corrected chi connectivity index (χ3v) is 8.73. The van der Waals surface area contributed by atoms with Gasteiger partial charge >= 0.3 is 0 Å². The molecule has 4 unspecified atom stereocenters. The monoisotopic (exact) mass is 458 g/mol. The van der Waals surface area contributed by atoms with Gasteiger partial charge in [0.2, 0.25) is 0 Å². The number of fused-ring (bicyclic) bond motifs is 1. The zero-order chi connectivity index (χ0) is 24.4. The minimum Gasteiger partial charge on any atom is -0.393 e. The highest BCUT2D eigenvalue weighted by molar-refractivity contribution is 5.38. The number of hydrogen-bond donors (Lipinski definition) is 5. The van der Waals surface area contributed by atoms with E-state index in [1.54, 1.807) is 6.92 Å². The van der Waals surface area contributed by atoms with E-state index >= 15 is 0 Å². The topological polar surface area (TPSA) is 101 Å². The van der Waals surface area contributed by atoms with Crippen LogP contribution in [0.4, 0.5) is 0 Å². The van der Waals surface area contributed by atoms with Gasteiger partial charge < -0.3 is 25.5 Å². The molecule has 0 bridgehead atoms. The van der Waals surface area contributed by atoms with E-state index in [0.717, 1.165) is 37.7 Å². The third-order valence-electron chi connectivity index (χ3n) is 8.73. The van der Waals surface area contributed by atoms with Gasteiger partial charge in [-0.3, -0.25) is 0 Å². The summed E-state index contributed by atoms with van der Waals surface area (Å²) in [6, 6.07) is 0. The molecule has 3 aliphatic carbocycles. The van der Waals surface area contributed by atoms with Crippen molar-refractivity contribution in [1.29, 1.82) is 0 Å². The molecule has 3 aliphatic rings. The van der Waals surface area contributed by atoms with Crippen molar-refractivity contribution in [3.8, 4) is 11.8 Å². The van der Waals surface area contributed by atoms with Crippen LogP contribution in [0.2, 0.25) is 0 Å². The Labute approximate surface area is 198 Å². The van der Waals surface area contributed by atoms with Gasteiger partial charge in [-0.1, -0.05) is 56.9 Å². The van der Waals surface area contributed by atoms with Crippen LogP contribution in [-0.2, 0) is 0 Å². The van der Waals surface area contributed by atoms with Gasteiger partial charge in [-0.15, -0.1) is 0 Å². The molecule has 3 fully saturated rings. The van der Waals surface area contributed by atoms with E-state index in [2.05, 4.69) is 38.3 Å². The minimum absolute atomic E-state index is 0.0339. The molecule has 0 saturated heterocycles. The van der Waals surface area contributed by atoms with Crippen molar-refractivity contribution in [3.05, 3.63) is 35.5 Å². The summed E-state index contributed by atoms with van der Waals surface area (Å²) in [5.74, 6) is 6.24. The predicted molar refractivity (Wildman–Crippen MR) is 130 cm³/mol. The lowest BCUT2D eigenvalue weighted by molar-refractivity contribution is 0.0302. The van der Waals surface area contributed by atoms with Gasteiger partial charge in [0, 0.05) is 6.42 Å². The fraction of sp³-hybridized carbons (Fsp3) is 0.714. The Morgan fingerprint density at radius 3 is 2.67 bits per heavy atom. The molecule has 33 heavy (non-hydrogen) atoms. The number of aliphatic hydroxyl groups excluding tert-OH is 4. The smallest absolute Gasteiger partial charge is 0.148 e. The molecule has 5 nitrogen and oxygen atoms in total. The second-order valence-electron chi connectivity index (χ2n) is 10.8. The van der Waals surface area contributed by atoms with Crippen molar-refractivity contribution in [2.45, 2.75) is 96.1 Å². The summed E-state index contributed by atoms with van der Waals surface area (Å²) < 4.78 is 0. The number of hydrogen-bond acceptors (Lipinski definition) is 5. The maximum absolute atomic E-state index is 10.8. The van der Waals surface area contributed by atoms with Crippen LogP contribution < -0.4 is 0 Å². The first-order valence-electron chi connectivity index (χ1n) is 12.5. The normalized spacial score (nSPS) is 38.4. The van der Waals surface area contributed by atoms with Crippen LogP contribution in [0.3, 0.4) is 0 Å². The fourth-order valence-electron chi connectivity index (χ4n) is 6.41. The molecule has 0 radical (unpaired) electrons. The SMILES string of the molecule is C=C1/C(=C/C=C2/CCC[C@@]3(C)C2CCC3[C@@H](C)C(O)C#CC(O)(CC)CO)C[C@@H](O)C[C@@H]1O. The lowest BCUT2D eigenvalue weighted by atomic mass is 9.60. The summed E-state index contributed by atoms with van der Waals surface area (Å²) in [6.07, 6.45) is 8.74. The highest BCUT2D eigenvalue weighted by Crippen LogP contribution is 2.59. The molecule has 0 amide bonds. The molecule has 0 aromatic heterocycles. The lowest BCUT2D eigenvalue weighted by Crippen LogP contribution is -2.39. The summed E-state index contributed by atoms with van der Waals surface area (Å²) in [5, 5.41) is 50.6. The molecule has 184 valence electrons. The Kier molecular flexibility index (Phi) is 8.30. The molecule has 3 saturated carbocycles. The Morgan fingerprint density at radius 1 is 1.27 bits per heavy atom. The minimum atomic E-state index is -1.46. The van der Waals surface area contributed by atoms with Crippen LogP contribution in [0.5, 0.6) is 0 Å². The fourth-order valence-corrected chi connectivity index (χ4v) is 6.41. The zero-order valence-electron chi connectivity index (χ0n) is 20.4. The molecule has 0 heterocycles. The van der Waals surface area contributed by atoms with Crippen molar-refractivity contribution in [1.82, 2.24) is 0 Å². The summed E-state index contributed by atoms with van der Waals surface area (Å²) in [6.45, 7) is 9.74. The second-order valence-corrected chi connectivity index (χ2v) is 10.8. The van der Waals surface area contributed by atoms with E-state index in [1.807, 2.05) is 6.08 Å². The van der Waals surface area contributed by atoms with E-state index in [1.165, 1.54) is 5.57 Å².